The third kappa shape index (κ3) is 3.98. The standard InChI is InChI=1S/C15H14Br2ClNO/c1-9(19)13-6-11(16)4-5-15(13)20-8-10-2-3-12(17)7-14(10)18/h2-7,9H,8,19H2,1H3/t9-/m0/s1. The van der Waals surface area contributed by atoms with Crippen LogP contribution in [0.4, 0.5) is 0 Å². The first-order valence-corrected chi connectivity index (χ1v) is 8.05. The van der Waals surface area contributed by atoms with Gasteiger partial charge in [0.2, 0.25) is 0 Å². The minimum atomic E-state index is -0.0945. The van der Waals surface area contributed by atoms with Crippen LogP contribution in [0, 0.1) is 0 Å². The lowest BCUT2D eigenvalue weighted by Crippen LogP contribution is -2.08. The molecule has 0 aliphatic carbocycles. The van der Waals surface area contributed by atoms with Crippen LogP contribution < -0.4 is 10.5 Å². The predicted molar refractivity (Wildman–Crippen MR) is 90.2 cm³/mol. The first-order chi connectivity index (χ1) is 9.47. The minimum absolute atomic E-state index is 0.0945. The van der Waals surface area contributed by atoms with Crippen LogP contribution in [0.2, 0.25) is 5.02 Å². The molecule has 20 heavy (non-hydrogen) atoms. The molecule has 2 aromatic carbocycles. The van der Waals surface area contributed by atoms with Crippen molar-refractivity contribution in [2.45, 2.75) is 19.6 Å². The minimum Gasteiger partial charge on any atom is -0.489 e. The van der Waals surface area contributed by atoms with Crippen LogP contribution in [-0.4, -0.2) is 0 Å². The number of ether oxygens (including phenoxy) is 1. The Morgan fingerprint density at radius 2 is 1.80 bits per heavy atom. The van der Waals surface area contributed by atoms with Gasteiger partial charge in [-0.1, -0.05) is 49.5 Å². The lowest BCUT2D eigenvalue weighted by atomic mass is 10.1. The highest BCUT2D eigenvalue weighted by molar-refractivity contribution is 9.10. The lowest BCUT2D eigenvalue weighted by Gasteiger charge is -2.15. The molecule has 0 fully saturated rings. The SMILES string of the molecule is C[C@H](N)c1cc(Br)ccc1OCc1ccc(Br)cc1Cl. The van der Waals surface area contributed by atoms with Crippen LogP contribution in [0.25, 0.3) is 0 Å². The quantitative estimate of drug-likeness (QED) is 0.714. The van der Waals surface area contributed by atoms with Crippen molar-refractivity contribution in [3.05, 3.63) is 61.5 Å². The number of rotatable bonds is 4. The van der Waals surface area contributed by atoms with Crippen LogP contribution in [0.15, 0.2) is 45.3 Å². The molecular formula is C15H14Br2ClNO. The number of benzene rings is 2. The summed E-state index contributed by atoms with van der Waals surface area (Å²) in [6, 6.07) is 11.5. The summed E-state index contributed by atoms with van der Waals surface area (Å²) in [6.07, 6.45) is 0. The Balaban J connectivity index is 2.18. The van der Waals surface area contributed by atoms with E-state index in [4.69, 9.17) is 22.1 Å². The Kier molecular flexibility index (Phi) is 5.49. The highest BCUT2D eigenvalue weighted by atomic mass is 79.9. The van der Waals surface area contributed by atoms with Gasteiger partial charge in [-0.15, -0.1) is 0 Å². The molecule has 0 radical (unpaired) electrons. The van der Waals surface area contributed by atoms with E-state index in [2.05, 4.69) is 31.9 Å². The molecule has 0 amide bonds. The zero-order chi connectivity index (χ0) is 14.7. The normalized spacial score (nSPS) is 12.2. The van der Waals surface area contributed by atoms with Crippen LogP contribution in [0.1, 0.15) is 24.1 Å². The largest absolute Gasteiger partial charge is 0.489 e. The molecule has 2 N–H and O–H groups in total. The number of halogens is 3. The van der Waals surface area contributed by atoms with E-state index >= 15 is 0 Å². The van der Waals surface area contributed by atoms with Crippen molar-refractivity contribution in [2.24, 2.45) is 5.73 Å². The van der Waals surface area contributed by atoms with E-state index in [1.54, 1.807) is 0 Å². The molecule has 1 atom stereocenters. The third-order valence-corrected chi connectivity index (χ3v) is 4.20. The van der Waals surface area contributed by atoms with Crippen LogP contribution in [0.5, 0.6) is 5.75 Å². The second-order valence-corrected chi connectivity index (χ2v) is 6.73. The molecular weight excluding hydrogens is 405 g/mol. The fraction of sp³-hybridized carbons (Fsp3) is 0.200. The summed E-state index contributed by atoms with van der Waals surface area (Å²) >= 11 is 13.0. The third-order valence-electron chi connectivity index (χ3n) is 2.86. The van der Waals surface area contributed by atoms with Crippen molar-refractivity contribution in [2.75, 3.05) is 0 Å². The van der Waals surface area contributed by atoms with Gasteiger partial charge in [-0.05, 0) is 37.3 Å². The molecule has 2 nitrogen and oxygen atoms in total. The molecule has 5 heteroatoms. The van der Waals surface area contributed by atoms with E-state index in [0.29, 0.717) is 11.6 Å². The van der Waals surface area contributed by atoms with Crippen LogP contribution >= 0.6 is 43.5 Å². The Bertz CT molecular complexity index is 617. The van der Waals surface area contributed by atoms with Crippen molar-refractivity contribution in [1.82, 2.24) is 0 Å². The van der Waals surface area contributed by atoms with Gasteiger partial charge in [0, 0.05) is 31.1 Å². The molecule has 0 aliphatic rings. The monoisotopic (exact) mass is 417 g/mol. The summed E-state index contributed by atoms with van der Waals surface area (Å²) in [4.78, 5) is 0. The van der Waals surface area contributed by atoms with Gasteiger partial charge in [-0.2, -0.15) is 0 Å². The molecule has 0 aromatic heterocycles. The Morgan fingerprint density at radius 3 is 2.45 bits per heavy atom. The number of hydrogen-bond acceptors (Lipinski definition) is 2. The van der Waals surface area contributed by atoms with Crippen molar-refractivity contribution in [3.63, 3.8) is 0 Å². The topological polar surface area (TPSA) is 35.2 Å². The van der Waals surface area contributed by atoms with Crippen LogP contribution in [-0.2, 0) is 6.61 Å². The fourth-order valence-corrected chi connectivity index (χ4v) is 2.91. The second-order valence-electron chi connectivity index (χ2n) is 4.50. The first kappa shape index (κ1) is 15.8. The zero-order valence-electron chi connectivity index (χ0n) is 10.9. The molecule has 0 saturated heterocycles. The summed E-state index contributed by atoms with van der Waals surface area (Å²) < 4.78 is 7.79. The lowest BCUT2D eigenvalue weighted by molar-refractivity contribution is 0.301. The molecule has 0 bridgehead atoms. The van der Waals surface area contributed by atoms with Gasteiger partial charge >= 0.3 is 0 Å². The summed E-state index contributed by atoms with van der Waals surface area (Å²) in [7, 11) is 0. The molecule has 106 valence electrons. The highest BCUT2D eigenvalue weighted by Crippen LogP contribution is 2.29. The van der Waals surface area contributed by atoms with E-state index in [-0.39, 0.29) is 6.04 Å². The Morgan fingerprint density at radius 1 is 1.15 bits per heavy atom. The molecule has 0 heterocycles. The van der Waals surface area contributed by atoms with Crippen molar-refractivity contribution < 1.29 is 4.74 Å². The average molecular weight is 420 g/mol. The Labute approximate surface area is 140 Å². The maximum atomic E-state index is 6.18. The van der Waals surface area contributed by atoms with E-state index in [1.807, 2.05) is 43.3 Å². The zero-order valence-corrected chi connectivity index (χ0v) is 14.8. The fourth-order valence-electron chi connectivity index (χ4n) is 1.80. The van der Waals surface area contributed by atoms with Gasteiger partial charge in [-0.3, -0.25) is 0 Å². The average Bonchev–Trinajstić information content (AvgIpc) is 2.38. The van der Waals surface area contributed by atoms with Crippen molar-refractivity contribution in [3.8, 4) is 5.75 Å². The summed E-state index contributed by atoms with van der Waals surface area (Å²) in [5, 5.41) is 0.679. The first-order valence-electron chi connectivity index (χ1n) is 6.09. The molecule has 2 aromatic rings. The van der Waals surface area contributed by atoms with E-state index < -0.39 is 0 Å². The second kappa shape index (κ2) is 6.94. The summed E-state index contributed by atoms with van der Waals surface area (Å²) in [5.74, 6) is 0.780. The number of nitrogens with two attached hydrogens (primary N) is 1. The van der Waals surface area contributed by atoms with Gasteiger partial charge in [0.25, 0.3) is 0 Å². The van der Waals surface area contributed by atoms with E-state index in [0.717, 1.165) is 25.8 Å². The molecule has 0 spiro atoms. The maximum Gasteiger partial charge on any atom is 0.124 e. The maximum absolute atomic E-state index is 6.18. The molecule has 0 saturated carbocycles. The van der Waals surface area contributed by atoms with Gasteiger partial charge in [0.05, 0.1) is 0 Å². The van der Waals surface area contributed by atoms with Crippen LogP contribution in [0.3, 0.4) is 0 Å². The predicted octanol–water partition coefficient (Wildman–Crippen LogP) is 5.46. The molecule has 2 rings (SSSR count). The molecule has 0 aliphatic heterocycles. The smallest absolute Gasteiger partial charge is 0.124 e. The summed E-state index contributed by atoms with van der Waals surface area (Å²) in [5.41, 5.74) is 7.87. The molecule has 0 unspecified atom stereocenters. The highest BCUT2D eigenvalue weighted by Gasteiger charge is 2.10. The van der Waals surface area contributed by atoms with Gasteiger partial charge in [0.1, 0.15) is 12.4 Å². The van der Waals surface area contributed by atoms with E-state index in [9.17, 15) is 0 Å². The Hall–Kier alpha value is -0.550. The van der Waals surface area contributed by atoms with Crippen molar-refractivity contribution >= 4 is 43.5 Å². The van der Waals surface area contributed by atoms with Gasteiger partial charge in [-0.25, -0.2) is 0 Å². The van der Waals surface area contributed by atoms with Crippen molar-refractivity contribution in [1.29, 1.82) is 0 Å². The number of hydrogen-bond donors (Lipinski definition) is 1. The van der Waals surface area contributed by atoms with Gasteiger partial charge in [0.15, 0.2) is 0 Å². The van der Waals surface area contributed by atoms with Gasteiger partial charge < -0.3 is 10.5 Å². The van der Waals surface area contributed by atoms with E-state index in [1.165, 1.54) is 0 Å². The summed E-state index contributed by atoms with van der Waals surface area (Å²) in [6.45, 7) is 2.34.